The van der Waals surface area contributed by atoms with E-state index in [0.29, 0.717) is 5.75 Å². The molecule has 2 aromatic rings. The minimum atomic E-state index is -0.928. The van der Waals surface area contributed by atoms with Gasteiger partial charge in [0.05, 0.1) is 0 Å². The Hall–Kier alpha value is -1.81. The van der Waals surface area contributed by atoms with Crippen molar-refractivity contribution in [2.24, 2.45) is 0 Å². The van der Waals surface area contributed by atoms with E-state index in [2.05, 4.69) is 26.8 Å². The van der Waals surface area contributed by atoms with E-state index in [-0.39, 0.29) is 10.3 Å². The van der Waals surface area contributed by atoms with Crippen LogP contribution in [0.3, 0.4) is 0 Å². The first-order chi connectivity index (χ1) is 8.86. The normalized spacial score (nSPS) is 11.3. The summed E-state index contributed by atoms with van der Waals surface area (Å²) < 4.78 is 5.69. The van der Waals surface area contributed by atoms with E-state index in [0.717, 1.165) is 17.1 Å². The molecule has 0 spiro atoms. The summed E-state index contributed by atoms with van der Waals surface area (Å²) >= 11 is 1.16. The maximum absolute atomic E-state index is 10.8. The number of carboxylic acid groups (broad SMARTS) is 1. The van der Waals surface area contributed by atoms with Crippen LogP contribution in [-0.2, 0) is 5.41 Å². The van der Waals surface area contributed by atoms with E-state index in [9.17, 15) is 4.79 Å². The van der Waals surface area contributed by atoms with Crippen molar-refractivity contribution in [3.8, 4) is 11.5 Å². The van der Waals surface area contributed by atoms with E-state index < -0.39 is 5.97 Å². The Morgan fingerprint density at radius 1 is 1.21 bits per heavy atom. The van der Waals surface area contributed by atoms with Crippen LogP contribution < -0.4 is 4.74 Å². The molecule has 2 rings (SSSR count). The summed E-state index contributed by atoms with van der Waals surface area (Å²) in [6.45, 7) is 6.41. The quantitative estimate of drug-likeness (QED) is 0.895. The van der Waals surface area contributed by atoms with Crippen molar-refractivity contribution in [1.82, 2.24) is 0 Å². The lowest BCUT2D eigenvalue weighted by Gasteiger charge is -2.19. The van der Waals surface area contributed by atoms with Gasteiger partial charge in [0, 0.05) is 11.4 Å². The Morgan fingerprint density at radius 3 is 2.53 bits per heavy atom. The van der Waals surface area contributed by atoms with Gasteiger partial charge in [0.25, 0.3) is 0 Å². The minimum Gasteiger partial charge on any atom is -0.477 e. The smallest absolute Gasteiger partial charge is 0.346 e. The number of aromatic carboxylic acids is 1. The van der Waals surface area contributed by atoms with Crippen LogP contribution >= 0.6 is 11.3 Å². The number of thiophene rings is 1. The third kappa shape index (κ3) is 3.35. The number of hydrogen-bond acceptors (Lipinski definition) is 3. The molecule has 0 atom stereocenters. The number of ether oxygens (including phenoxy) is 1. The fraction of sp³-hybridized carbons (Fsp3) is 0.267. The van der Waals surface area contributed by atoms with Gasteiger partial charge in [-0.2, -0.15) is 0 Å². The SMILES string of the molecule is CC(C)(C)c1cccc(Oc2csc(C(=O)O)c2)c1. The first-order valence-corrected chi connectivity index (χ1v) is 6.84. The van der Waals surface area contributed by atoms with Crippen molar-refractivity contribution in [1.29, 1.82) is 0 Å². The molecule has 0 amide bonds. The summed E-state index contributed by atoms with van der Waals surface area (Å²) in [4.78, 5) is 11.1. The van der Waals surface area contributed by atoms with E-state index >= 15 is 0 Å². The van der Waals surface area contributed by atoms with Crippen LogP contribution in [0.25, 0.3) is 0 Å². The molecule has 1 aromatic heterocycles. The van der Waals surface area contributed by atoms with Gasteiger partial charge in [-0.1, -0.05) is 32.9 Å². The van der Waals surface area contributed by atoms with Crippen LogP contribution in [0.1, 0.15) is 36.0 Å². The Labute approximate surface area is 116 Å². The molecular formula is C15H16O3S. The van der Waals surface area contributed by atoms with Gasteiger partial charge in [0.2, 0.25) is 0 Å². The largest absolute Gasteiger partial charge is 0.477 e. The Morgan fingerprint density at radius 2 is 1.95 bits per heavy atom. The molecule has 100 valence electrons. The highest BCUT2D eigenvalue weighted by atomic mass is 32.1. The highest BCUT2D eigenvalue weighted by molar-refractivity contribution is 7.12. The molecule has 1 aromatic carbocycles. The zero-order chi connectivity index (χ0) is 14.0. The summed E-state index contributed by atoms with van der Waals surface area (Å²) in [7, 11) is 0. The molecule has 1 N–H and O–H groups in total. The summed E-state index contributed by atoms with van der Waals surface area (Å²) in [5, 5.41) is 10.6. The number of benzene rings is 1. The van der Waals surface area contributed by atoms with E-state index in [1.165, 1.54) is 11.6 Å². The zero-order valence-electron chi connectivity index (χ0n) is 11.1. The van der Waals surface area contributed by atoms with Gasteiger partial charge in [-0.05, 0) is 23.1 Å². The van der Waals surface area contributed by atoms with Crippen molar-refractivity contribution < 1.29 is 14.6 Å². The standard InChI is InChI=1S/C15H16O3S/c1-15(2,3)10-5-4-6-11(7-10)18-12-8-13(14(16)17)19-9-12/h4-9H,1-3H3,(H,16,17). The molecule has 0 bridgehead atoms. The molecule has 0 radical (unpaired) electrons. The third-order valence-corrected chi connectivity index (χ3v) is 3.62. The maximum Gasteiger partial charge on any atom is 0.346 e. The highest BCUT2D eigenvalue weighted by Crippen LogP contribution is 2.30. The predicted octanol–water partition coefficient (Wildman–Crippen LogP) is 4.54. The van der Waals surface area contributed by atoms with Crippen LogP contribution in [-0.4, -0.2) is 11.1 Å². The molecule has 0 saturated carbocycles. The maximum atomic E-state index is 10.8. The average Bonchev–Trinajstić information content (AvgIpc) is 2.77. The van der Waals surface area contributed by atoms with Crippen LogP contribution in [0.2, 0.25) is 0 Å². The summed E-state index contributed by atoms with van der Waals surface area (Å²) in [5.41, 5.74) is 1.24. The molecule has 0 aliphatic rings. The topological polar surface area (TPSA) is 46.5 Å². The number of rotatable bonds is 3. The summed E-state index contributed by atoms with van der Waals surface area (Å²) in [6, 6.07) is 9.39. The lowest BCUT2D eigenvalue weighted by Crippen LogP contribution is -2.10. The van der Waals surface area contributed by atoms with Gasteiger partial charge in [-0.25, -0.2) is 4.79 Å². The number of carboxylic acids is 1. The van der Waals surface area contributed by atoms with Gasteiger partial charge < -0.3 is 9.84 Å². The molecule has 19 heavy (non-hydrogen) atoms. The van der Waals surface area contributed by atoms with Crippen molar-refractivity contribution >= 4 is 17.3 Å². The molecule has 0 unspecified atom stereocenters. The Kier molecular flexibility index (Phi) is 3.62. The van der Waals surface area contributed by atoms with Gasteiger partial charge in [-0.3, -0.25) is 0 Å². The monoisotopic (exact) mass is 276 g/mol. The second-order valence-electron chi connectivity index (χ2n) is 5.33. The fourth-order valence-corrected chi connectivity index (χ4v) is 2.29. The van der Waals surface area contributed by atoms with E-state index in [1.54, 1.807) is 5.38 Å². The van der Waals surface area contributed by atoms with Gasteiger partial charge in [-0.15, -0.1) is 11.3 Å². The van der Waals surface area contributed by atoms with Gasteiger partial charge >= 0.3 is 5.97 Å². The zero-order valence-corrected chi connectivity index (χ0v) is 12.0. The van der Waals surface area contributed by atoms with Crippen molar-refractivity contribution in [3.05, 3.63) is 46.2 Å². The highest BCUT2D eigenvalue weighted by Gasteiger charge is 2.14. The molecule has 4 heteroatoms. The first kappa shape index (κ1) is 13.6. The van der Waals surface area contributed by atoms with Gasteiger partial charge in [0.1, 0.15) is 16.4 Å². The third-order valence-electron chi connectivity index (χ3n) is 2.72. The van der Waals surface area contributed by atoms with E-state index in [4.69, 9.17) is 9.84 Å². The molecule has 0 aliphatic heterocycles. The average molecular weight is 276 g/mol. The Bertz CT molecular complexity index is 593. The van der Waals surface area contributed by atoms with Crippen molar-refractivity contribution in [2.45, 2.75) is 26.2 Å². The number of hydrogen-bond donors (Lipinski definition) is 1. The van der Waals surface area contributed by atoms with Crippen molar-refractivity contribution in [3.63, 3.8) is 0 Å². The summed E-state index contributed by atoms with van der Waals surface area (Å²) in [6.07, 6.45) is 0. The molecule has 0 saturated heterocycles. The van der Waals surface area contributed by atoms with Crippen LogP contribution in [0.4, 0.5) is 0 Å². The summed E-state index contributed by atoms with van der Waals surface area (Å²) in [5.74, 6) is 0.360. The van der Waals surface area contributed by atoms with Crippen molar-refractivity contribution in [2.75, 3.05) is 0 Å². The first-order valence-electron chi connectivity index (χ1n) is 5.96. The lowest BCUT2D eigenvalue weighted by molar-refractivity contribution is 0.0702. The Balaban J connectivity index is 2.21. The lowest BCUT2D eigenvalue weighted by atomic mass is 9.87. The molecular weight excluding hydrogens is 260 g/mol. The second-order valence-corrected chi connectivity index (χ2v) is 6.24. The minimum absolute atomic E-state index is 0.0558. The van der Waals surface area contributed by atoms with Crippen LogP contribution in [0, 0.1) is 0 Å². The molecule has 0 aliphatic carbocycles. The molecule has 0 fully saturated rings. The van der Waals surface area contributed by atoms with Crippen LogP contribution in [0.15, 0.2) is 35.7 Å². The molecule has 3 nitrogen and oxygen atoms in total. The second kappa shape index (κ2) is 5.05. The predicted molar refractivity (Wildman–Crippen MR) is 76.5 cm³/mol. The van der Waals surface area contributed by atoms with E-state index in [1.807, 2.05) is 18.2 Å². The number of carbonyl (C=O) groups is 1. The van der Waals surface area contributed by atoms with Gasteiger partial charge in [0.15, 0.2) is 0 Å². The van der Waals surface area contributed by atoms with Crippen LogP contribution in [0.5, 0.6) is 11.5 Å². The fourth-order valence-electron chi connectivity index (χ4n) is 1.65. The molecule has 1 heterocycles.